The van der Waals surface area contributed by atoms with Gasteiger partial charge in [-0.25, -0.2) is 0 Å². The first-order valence-electron chi connectivity index (χ1n) is 6.27. The average Bonchev–Trinajstić information content (AvgIpc) is 2.36. The summed E-state index contributed by atoms with van der Waals surface area (Å²) in [6.45, 7) is 3.87. The van der Waals surface area contributed by atoms with Crippen LogP contribution >= 0.6 is 12.4 Å². The highest BCUT2D eigenvalue weighted by molar-refractivity contribution is 5.85. The molecule has 5 heteroatoms. The fraction of sp³-hybridized carbons (Fsp3) is 0.500. The van der Waals surface area contributed by atoms with Crippen LogP contribution < -0.4 is 11.1 Å². The number of carbonyl (C=O) groups excluding carboxylic acids is 1. The van der Waals surface area contributed by atoms with E-state index in [9.17, 15) is 9.90 Å². The van der Waals surface area contributed by atoms with Crippen molar-refractivity contribution in [2.24, 2.45) is 5.73 Å². The number of nitrogens with one attached hydrogen (secondary N) is 1. The molecule has 4 nitrogen and oxygen atoms in total. The fourth-order valence-electron chi connectivity index (χ4n) is 1.82. The second-order valence-corrected chi connectivity index (χ2v) is 4.80. The summed E-state index contributed by atoms with van der Waals surface area (Å²) >= 11 is 0. The molecular formula is C14H23ClN2O2. The van der Waals surface area contributed by atoms with Crippen LogP contribution in [0.3, 0.4) is 0 Å². The van der Waals surface area contributed by atoms with E-state index < -0.39 is 11.6 Å². The van der Waals surface area contributed by atoms with Crippen molar-refractivity contribution in [3.8, 4) is 0 Å². The third kappa shape index (κ3) is 5.59. The number of aliphatic hydroxyl groups excluding tert-OH is 1. The molecular weight excluding hydrogens is 264 g/mol. The zero-order valence-electron chi connectivity index (χ0n) is 11.4. The van der Waals surface area contributed by atoms with Gasteiger partial charge in [0.05, 0.1) is 11.6 Å². The summed E-state index contributed by atoms with van der Waals surface area (Å²) in [6.07, 6.45) is 0.773. The first-order chi connectivity index (χ1) is 8.47. The van der Waals surface area contributed by atoms with Gasteiger partial charge in [-0.3, -0.25) is 4.79 Å². The van der Waals surface area contributed by atoms with Gasteiger partial charge >= 0.3 is 0 Å². The van der Waals surface area contributed by atoms with E-state index >= 15 is 0 Å². The number of aliphatic hydroxyl groups is 1. The molecule has 2 atom stereocenters. The van der Waals surface area contributed by atoms with Gasteiger partial charge in [-0.2, -0.15) is 0 Å². The Morgan fingerprint density at radius 2 is 2.00 bits per heavy atom. The Morgan fingerprint density at radius 1 is 1.42 bits per heavy atom. The largest absolute Gasteiger partial charge is 0.387 e. The summed E-state index contributed by atoms with van der Waals surface area (Å²) in [5.74, 6) is -0.223. The molecule has 2 unspecified atom stereocenters. The minimum absolute atomic E-state index is 0. The Balaban J connectivity index is 0.00000324. The van der Waals surface area contributed by atoms with Crippen LogP contribution in [0, 0.1) is 0 Å². The molecule has 0 spiro atoms. The van der Waals surface area contributed by atoms with Gasteiger partial charge in [0.15, 0.2) is 0 Å². The van der Waals surface area contributed by atoms with Crippen molar-refractivity contribution in [1.82, 2.24) is 5.32 Å². The minimum Gasteiger partial charge on any atom is -0.387 e. The van der Waals surface area contributed by atoms with Gasteiger partial charge in [-0.15, -0.1) is 12.4 Å². The molecule has 1 amide bonds. The zero-order chi connectivity index (χ0) is 13.6. The predicted molar refractivity (Wildman–Crippen MR) is 79.2 cm³/mol. The molecule has 1 rings (SSSR count). The Hall–Kier alpha value is -1.10. The molecule has 19 heavy (non-hydrogen) atoms. The number of amides is 1. The second-order valence-electron chi connectivity index (χ2n) is 4.80. The number of nitrogens with two attached hydrogens (primary N) is 1. The van der Waals surface area contributed by atoms with Crippen LogP contribution in [-0.4, -0.2) is 23.1 Å². The quantitative estimate of drug-likeness (QED) is 0.746. The van der Waals surface area contributed by atoms with E-state index in [1.807, 2.05) is 37.3 Å². The van der Waals surface area contributed by atoms with Crippen molar-refractivity contribution >= 4 is 18.3 Å². The van der Waals surface area contributed by atoms with Crippen LogP contribution in [0.25, 0.3) is 0 Å². The van der Waals surface area contributed by atoms with Crippen LogP contribution in [0.2, 0.25) is 0 Å². The number of halogens is 1. The van der Waals surface area contributed by atoms with Crippen LogP contribution in [0.5, 0.6) is 0 Å². The van der Waals surface area contributed by atoms with Crippen LogP contribution in [0.15, 0.2) is 30.3 Å². The molecule has 0 fully saturated rings. The van der Waals surface area contributed by atoms with Crippen LogP contribution in [-0.2, 0) is 4.79 Å². The molecule has 1 aromatic rings. The highest BCUT2D eigenvalue weighted by atomic mass is 35.5. The molecule has 4 N–H and O–H groups in total. The fourth-order valence-corrected chi connectivity index (χ4v) is 1.82. The van der Waals surface area contributed by atoms with E-state index in [4.69, 9.17) is 5.73 Å². The van der Waals surface area contributed by atoms with E-state index in [2.05, 4.69) is 5.32 Å². The number of carbonyl (C=O) groups is 1. The third-order valence-electron chi connectivity index (χ3n) is 2.93. The number of hydrogen-bond donors (Lipinski definition) is 3. The summed E-state index contributed by atoms with van der Waals surface area (Å²) in [6, 6.07) is 9.23. The van der Waals surface area contributed by atoms with E-state index in [0.29, 0.717) is 6.42 Å². The highest BCUT2D eigenvalue weighted by Crippen LogP contribution is 2.12. The number of rotatable bonds is 6. The van der Waals surface area contributed by atoms with Crippen molar-refractivity contribution < 1.29 is 9.90 Å². The monoisotopic (exact) mass is 286 g/mol. The maximum atomic E-state index is 11.8. The van der Waals surface area contributed by atoms with Crippen molar-refractivity contribution in [1.29, 1.82) is 0 Å². The first-order valence-corrected chi connectivity index (χ1v) is 6.27. The standard InChI is InChI=1S/C14H22N2O2.ClH/c1-3-9-14(2,15)13(18)16-10-12(17)11-7-5-4-6-8-11;/h4-8,12,17H,3,9-10,15H2,1-2H3,(H,16,18);1H. The summed E-state index contributed by atoms with van der Waals surface area (Å²) in [4.78, 5) is 11.8. The molecule has 0 saturated carbocycles. The number of benzene rings is 1. The molecule has 0 aliphatic heterocycles. The van der Waals surface area contributed by atoms with Gasteiger partial charge in [0.25, 0.3) is 0 Å². The maximum absolute atomic E-state index is 11.8. The van der Waals surface area contributed by atoms with Gasteiger partial charge in [0, 0.05) is 6.54 Å². The Labute approximate surface area is 120 Å². The predicted octanol–water partition coefficient (Wildman–Crippen LogP) is 1.78. The Morgan fingerprint density at radius 3 is 2.53 bits per heavy atom. The topological polar surface area (TPSA) is 75.4 Å². The van der Waals surface area contributed by atoms with E-state index in [1.165, 1.54) is 0 Å². The third-order valence-corrected chi connectivity index (χ3v) is 2.93. The summed E-state index contributed by atoms with van der Waals surface area (Å²) in [5.41, 5.74) is 5.82. The van der Waals surface area contributed by atoms with E-state index in [0.717, 1.165) is 12.0 Å². The Kier molecular flexibility index (Phi) is 7.68. The maximum Gasteiger partial charge on any atom is 0.239 e. The SMILES string of the molecule is CCCC(C)(N)C(=O)NCC(O)c1ccccc1.Cl. The first kappa shape index (κ1) is 17.9. The van der Waals surface area contributed by atoms with Gasteiger partial charge in [-0.1, -0.05) is 43.7 Å². The molecule has 108 valence electrons. The summed E-state index contributed by atoms with van der Waals surface area (Å²) in [7, 11) is 0. The normalized spacial score (nSPS) is 14.9. The lowest BCUT2D eigenvalue weighted by Crippen LogP contribution is -2.52. The lowest BCUT2D eigenvalue weighted by atomic mass is 9.96. The van der Waals surface area contributed by atoms with Crippen LogP contribution in [0.1, 0.15) is 38.4 Å². The minimum atomic E-state index is -0.870. The molecule has 0 heterocycles. The van der Waals surface area contributed by atoms with Crippen molar-refractivity contribution in [3.63, 3.8) is 0 Å². The molecule has 0 saturated heterocycles. The number of hydrogen-bond acceptors (Lipinski definition) is 3. The molecule has 0 aliphatic rings. The Bertz CT molecular complexity index is 382. The molecule has 1 aromatic carbocycles. The lowest BCUT2D eigenvalue weighted by Gasteiger charge is -2.23. The molecule has 0 aliphatic carbocycles. The van der Waals surface area contributed by atoms with Gasteiger partial charge < -0.3 is 16.2 Å². The van der Waals surface area contributed by atoms with E-state index in [1.54, 1.807) is 6.92 Å². The van der Waals surface area contributed by atoms with Crippen LogP contribution in [0.4, 0.5) is 0 Å². The van der Waals surface area contributed by atoms with Gasteiger partial charge in [0.1, 0.15) is 0 Å². The van der Waals surface area contributed by atoms with Gasteiger partial charge in [-0.05, 0) is 18.9 Å². The highest BCUT2D eigenvalue weighted by Gasteiger charge is 2.27. The lowest BCUT2D eigenvalue weighted by molar-refractivity contribution is -0.126. The summed E-state index contributed by atoms with van der Waals surface area (Å²) in [5, 5.41) is 12.6. The average molecular weight is 287 g/mol. The molecule has 0 bridgehead atoms. The summed E-state index contributed by atoms with van der Waals surface area (Å²) < 4.78 is 0. The van der Waals surface area contributed by atoms with Crippen molar-refractivity contribution in [3.05, 3.63) is 35.9 Å². The van der Waals surface area contributed by atoms with Crippen molar-refractivity contribution in [2.75, 3.05) is 6.54 Å². The second kappa shape index (κ2) is 8.15. The molecule has 0 aromatic heterocycles. The smallest absolute Gasteiger partial charge is 0.239 e. The zero-order valence-corrected chi connectivity index (χ0v) is 12.2. The van der Waals surface area contributed by atoms with E-state index in [-0.39, 0.29) is 24.9 Å². The van der Waals surface area contributed by atoms with Gasteiger partial charge in [0.2, 0.25) is 5.91 Å². The van der Waals surface area contributed by atoms with Crippen molar-refractivity contribution in [2.45, 2.75) is 38.3 Å². The molecule has 0 radical (unpaired) electrons.